The molecule has 16 heavy (non-hydrogen) atoms. The second-order valence-corrected chi connectivity index (χ2v) is 3.56. The molecule has 1 heterocycles. The third-order valence-corrected chi connectivity index (χ3v) is 2.27. The average Bonchev–Trinajstić information content (AvgIpc) is 2.16. The molecule has 0 aliphatic rings. The van der Waals surface area contributed by atoms with E-state index in [0.717, 1.165) is 6.07 Å². The number of hydrogen-bond acceptors (Lipinski definition) is 4. The monoisotopic (exact) mass is 347 g/mol. The van der Waals surface area contributed by atoms with Crippen LogP contribution in [0.15, 0.2) is 6.07 Å². The Balaban J connectivity index is 3.18. The maximum absolute atomic E-state index is 12.0. The summed E-state index contributed by atoms with van der Waals surface area (Å²) in [5, 5.41) is 0. The number of halogens is 4. The number of carbonyl (C=O) groups is 1. The molecule has 1 rings (SSSR count). The topological polar surface area (TPSA) is 48.4 Å². The lowest BCUT2D eigenvalue weighted by Crippen LogP contribution is -2.19. The largest absolute Gasteiger partial charge is 0.574 e. The van der Waals surface area contributed by atoms with E-state index in [1.807, 2.05) is 0 Å². The Morgan fingerprint density at radius 2 is 2.12 bits per heavy atom. The van der Waals surface area contributed by atoms with Crippen molar-refractivity contribution < 1.29 is 27.4 Å². The molecule has 0 atom stereocenters. The second-order valence-electron chi connectivity index (χ2n) is 2.54. The highest BCUT2D eigenvalue weighted by Crippen LogP contribution is 2.29. The van der Waals surface area contributed by atoms with Crippen LogP contribution in [0.3, 0.4) is 0 Å². The summed E-state index contributed by atoms with van der Waals surface area (Å²) in [5.74, 6) is -0.579. The van der Waals surface area contributed by atoms with Gasteiger partial charge in [0.1, 0.15) is 3.70 Å². The molecule has 0 unspecified atom stereocenters. The van der Waals surface area contributed by atoms with Gasteiger partial charge >= 0.3 is 6.36 Å². The van der Waals surface area contributed by atoms with E-state index in [1.54, 1.807) is 22.6 Å². The first-order chi connectivity index (χ1) is 7.37. The highest BCUT2D eigenvalue weighted by molar-refractivity contribution is 14.1. The number of ether oxygens (including phenoxy) is 2. The molecule has 0 bridgehead atoms. The third kappa shape index (κ3) is 3.22. The quantitative estimate of drug-likeness (QED) is 0.479. The lowest BCUT2D eigenvalue weighted by Gasteiger charge is -2.11. The standard InChI is InChI=1S/C8H5F3INO3/c1-15-5-2-4(3-14)7(13-6(5)12)16-8(9,10)11/h2-3H,1H3. The molecule has 0 saturated carbocycles. The van der Waals surface area contributed by atoms with Crippen LogP contribution in [0.4, 0.5) is 13.2 Å². The van der Waals surface area contributed by atoms with Crippen LogP contribution in [0.2, 0.25) is 0 Å². The molecule has 0 spiro atoms. The summed E-state index contributed by atoms with van der Waals surface area (Å²) in [6.07, 6.45) is -4.67. The van der Waals surface area contributed by atoms with Gasteiger partial charge in [0.2, 0.25) is 5.88 Å². The zero-order valence-electron chi connectivity index (χ0n) is 7.84. The van der Waals surface area contributed by atoms with Crippen molar-refractivity contribution in [1.29, 1.82) is 0 Å². The van der Waals surface area contributed by atoms with Crippen LogP contribution in [-0.4, -0.2) is 24.7 Å². The Bertz CT molecular complexity index is 408. The molecule has 0 saturated heterocycles. The van der Waals surface area contributed by atoms with E-state index in [4.69, 9.17) is 4.74 Å². The van der Waals surface area contributed by atoms with Gasteiger partial charge in [-0.3, -0.25) is 4.79 Å². The Kier molecular flexibility index (Phi) is 3.94. The lowest BCUT2D eigenvalue weighted by molar-refractivity contribution is -0.276. The van der Waals surface area contributed by atoms with Crippen molar-refractivity contribution in [1.82, 2.24) is 4.98 Å². The molecule has 8 heteroatoms. The minimum absolute atomic E-state index is 0.171. The summed E-state index contributed by atoms with van der Waals surface area (Å²) < 4.78 is 44.5. The molecular formula is C8H5F3INO3. The number of aldehydes is 1. The fourth-order valence-corrected chi connectivity index (χ4v) is 1.49. The smallest absolute Gasteiger partial charge is 0.494 e. The van der Waals surface area contributed by atoms with Gasteiger partial charge in [-0.25, -0.2) is 4.98 Å². The molecule has 0 aromatic carbocycles. The highest BCUT2D eigenvalue weighted by Gasteiger charge is 2.33. The van der Waals surface area contributed by atoms with Crippen LogP contribution >= 0.6 is 22.6 Å². The molecule has 1 aromatic heterocycles. The zero-order chi connectivity index (χ0) is 12.3. The number of pyridine rings is 1. The molecule has 0 aliphatic carbocycles. The summed E-state index contributed by atoms with van der Waals surface area (Å²) in [5.41, 5.74) is -0.324. The maximum atomic E-state index is 12.0. The van der Waals surface area contributed by atoms with Crippen molar-refractivity contribution in [3.8, 4) is 11.6 Å². The number of rotatable bonds is 3. The molecule has 1 aromatic rings. The Hall–Kier alpha value is -1.06. The van der Waals surface area contributed by atoms with Gasteiger partial charge in [-0.15, -0.1) is 13.2 Å². The van der Waals surface area contributed by atoms with E-state index >= 15 is 0 Å². The molecule has 0 amide bonds. The summed E-state index contributed by atoms with van der Waals surface area (Å²) in [6.45, 7) is 0. The molecule has 0 N–H and O–H groups in total. The van der Waals surface area contributed by atoms with Crippen molar-refractivity contribution in [2.75, 3.05) is 7.11 Å². The van der Waals surface area contributed by atoms with Crippen LogP contribution in [0.5, 0.6) is 11.6 Å². The minimum atomic E-state index is -4.89. The number of hydrogen-bond donors (Lipinski definition) is 0. The normalized spacial score (nSPS) is 11.1. The lowest BCUT2D eigenvalue weighted by atomic mass is 10.3. The molecular weight excluding hydrogens is 342 g/mol. The van der Waals surface area contributed by atoms with E-state index in [9.17, 15) is 18.0 Å². The number of carbonyl (C=O) groups excluding carboxylic acids is 1. The van der Waals surface area contributed by atoms with Crippen LogP contribution in [0.25, 0.3) is 0 Å². The molecule has 0 aliphatic heterocycles. The van der Waals surface area contributed by atoms with Gasteiger partial charge < -0.3 is 9.47 Å². The van der Waals surface area contributed by atoms with Crippen molar-refractivity contribution in [2.45, 2.75) is 6.36 Å². The first-order valence-electron chi connectivity index (χ1n) is 3.83. The summed E-state index contributed by atoms with van der Waals surface area (Å²) in [7, 11) is 1.32. The van der Waals surface area contributed by atoms with E-state index in [2.05, 4.69) is 9.72 Å². The van der Waals surface area contributed by atoms with E-state index in [-0.39, 0.29) is 21.3 Å². The Morgan fingerprint density at radius 3 is 2.56 bits per heavy atom. The average molecular weight is 347 g/mol. The SMILES string of the molecule is COc1cc(C=O)c(OC(F)(F)F)nc1I. The van der Waals surface area contributed by atoms with Gasteiger partial charge in [0.15, 0.2) is 12.0 Å². The van der Waals surface area contributed by atoms with Gasteiger partial charge in [0.05, 0.1) is 12.7 Å². The molecule has 0 fully saturated rings. The predicted molar refractivity (Wildman–Crippen MR) is 55.6 cm³/mol. The van der Waals surface area contributed by atoms with Gasteiger partial charge in [0, 0.05) is 0 Å². The van der Waals surface area contributed by atoms with Gasteiger partial charge in [-0.2, -0.15) is 0 Å². The van der Waals surface area contributed by atoms with E-state index in [1.165, 1.54) is 7.11 Å². The Morgan fingerprint density at radius 1 is 1.50 bits per heavy atom. The predicted octanol–water partition coefficient (Wildman–Crippen LogP) is 2.41. The van der Waals surface area contributed by atoms with Crippen molar-refractivity contribution in [2.24, 2.45) is 0 Å². The van der Waals surface area contributed by atoms with Crippen molar-refractivity contribution >= 4 is 28.9 Å². The summed E-state index contributed by atoms with van der Waals surface area (Å²) in [4.78, 5) is 14.0. The molecule has 4 nitrogen and oxygen atoms in total. The zero-order valence-corrected chi connectivity index (χ0v) is 10.00. The second kappa shape index (κ2) is 4.85. The summed E-state index contributed by atoms with van der Waals surface area (Å²) >= 11 is 1.67. The van der Waals surface area contributed by atoms with E-state index in [0.29, 0.717) is 0 Å². The number of aromatic nitrogens is 1. The highest BCUT2D eigenvalue weighted by atomic mass is 127. The first kappa shape index (κ1) is 13.0. The van der Waals surface area contributed by atoms with Crippen molar-refractivity contribution in [3.05, 3.63) is 15.3 Å². The number of nitrogens with zero attached hydrogens (tertiary/aromatic N) is 1. The molecule has 88 valence electrons. The maximum Gasteiger partial charge on any atom is 0.574 e. The summed E-state index contributed by atoms with van der Waals surface area (Å²) in [6, 6.07) is 1.13. The number of methoxy groups -OCH3 is 1. The van der Waals surface area contributed by atoms with Gasteiger partial charge in [-0.1, -0.05) is 0 Å². The minimum Gasteiger partial charge on any atom is -0.494 e. The van der Waals surface area contributed by atoms with Crippen LogP contribution in [0, 0.1) is 3.70 Å². The number of alkyl halides is 3. The molecule has 0 radical (unpaired) electrons. The van der Waals surface area contributed by atoms with Crippen LogP contribution in [0.1, 0.15) is 10.4 Å². The fourth-order valence-electron chi connectivity index (χ4n) is 0.890. The third-order valence-electron chi connectivity index (χ3n) is 1.50. The van der Waals surface area contributed by atoms with Crippen molar-refractivity contribution in [3.63, 3.8) is 0 Å². The Labute approximate surface area is 102 Å². The van der Waals surface area contributed by atoms with Crippen LogP contribution < -0.4 is 9.47 Å². The van der Waals surface area contributed by atoms with E-state index < -0.39 is 12.2 Å². The van der Waals surface area contributed by atoms with Gasteiger partial charge in [-0.05, 0) is 28.7 Å². The van der Waals surface area contributed by atoms with Gasteiger partial charge in [0.25, 0.3) is 0 Å². The fraction of sp³-hybridized carbons (Fsp3) is 0.250. The van der Waals surface area contributed by atoms with Crippen LogP contribution in [-0.2, 0) is 0 Å². The first-order valence-corrected chi connectivity index (χ1v) is 4.90.